The first kappa shape index (κ1) is 15.5. The van der Waals surface area contributed by atoms with Gasteiger partial charge in [-0.1, -0.05) is 0 Å². The van der Waals surface area contributed by atoms with Crippen molar-refractivity contribution in [2.75, 3.05) is 7.05 Å². The molecule has 0 saturated heterocycles. The van der Waals surface area contributed by atoms with Crippen LogP contribution in [-0.4, -0.2) is 27.8 Å². The molecule has 2 N–H and O–H groups in total. The first-order valence-corrected chi connectivity index (χ1v) is 5.59. The highest BCUT2D eigenvalue weighted by Crippen LogP contribution is 1.98. The van der Waals surface area contributed by atoms with E-state index in [1.54, 1.807) is 19.6 Å². The van der Waals surface area contributed by atoms with E-state index in [1.165, 1.54) is 0 Å². The third-order valence-corrected chi connectivity index (χ3v) is 2.45. The Bertz CT molecular complexity index is 507. The summed E-state index contributed by atoms with van der Waals surface area (Å²) < 4.78 is 7.08. The van der Waals surface area contributed by atoms with E-state index in [0.29, 0.717) is 19.0 Å². The second kappa shape index (κ2) is 7.77. The minimum absolute atomic E-state index is 0. The zero-order valence-corrected chi connectivity index (χ0v) is 13.2. The number of aryl methyl sites for hydroxylation is 1. The molecule has 0 atom stereocenters. The van der Waals surface area contributed by atoms with Crippen LogP contribution in [-0.2, 0) is 20.1 Å². The number of rotatable bonds is 4. The van der Waals surface area contributed by atoms with E-state index in [9.17, 15) is 0 Å². The lowest BCUT2D eigenvalue weighted by Gasteiger charge is -2.10. The number of nitrogens with zero attached hydrogens (tertiary/aromatic N) is 4. The molecular formula is C11H17IN6O. The standard InChI is InChI=1S/C11H16N6O.HI/c1-12-11(13-6-9-4-3-5-18-9)14-7-10-16-15-8-17(10)2;/h3-5,8H,6-7H2,1-2H3,(H2,12,13,14);1H. The summed E-state index contributed by atoms with van der Waals surface area (Å²) >= 11 is 0. The van der Waals surface area contributed by atoms with Crippen molar-refractivity contribution < 1.29 is 4.42 Å². The molecule has 2 heterocycles. The van der Waals surface area contributed by atoms with Crippen LogP contribution in [0, 0.1) is 0 Å². The lowest BCUT2D eigenvalue weighted by molar-refractivity contribution is 0.501. The number of furan rings is 1. The number of nitrogens with one attached hydrogen (secondary N) is 2. The van der Waals surface area contributed by atoms with Crippen LogP contribution < -0.4 is 10.6 Å². The number of hydrogen-bond acceptors (Lipinski definition) is 4. The Kier molecular flexibility index (Phi) is 6.33. The fraction of sp³-hybridized carbons (Fsp3) is 0.364. The van der Waals surface area contributed by atoms with Crippen molar-refractivity contribution in [1.29, 1.82) is 0 Å². The van der Waals surface area contributed by atoms with E-state index in [1.807, 2.05) is 23.7 Å². The Morgan fingerprint density at radius 3 is 2.79 bits per heavy atom. The molecule has 0 saturated carbocycles. The number of halogens is 1. The fourth-order valence-electron chi connectivity index (χ4n) is 1.43. The van der Waals surface area contributed by atoms with Crippen molar-refractivity contribution in [3.8, 4) is 0 Å². The fourth-order valence-corrected chi connectivity index (χ4v) is 1.43. The van der Waals surface area contributed by atoms with Crippen molar-refractivity contribution in [3.05, 3.63) is 36.3 Å². The van der Waals surface area contributed by atoms with Crippen LogP contribution in [0.3, 0.4) is 0 Å². The topological polar surface area (TPSA) is 80.3 Å². The van der Waals surface area contributed by atoms with E-state index in [0.717, 1.165) is 11.6 Å². The van der Waals surface area contributed by atoms with Gasteiger partial charge in [-0.05, 0) is 12.1 Å². The molecule has 104 valence electrons. The molecule has 0 aromatic carbocycles. The summed E-state index contributed by atoms with van der Waals surface area (Å²) in [5.74, 6) is 2.39. The maximum atomic E-state index is 5.23. The van der Waals surface area contributed by atoms with Crippen molar-refractivity contribution >= 4 is 29.9 Å². The number of aliphatic imine (C=N–C) groups is 1. The van der Waals surface area contributed by atoms with Gasteiger partial charge in [0.2, 0.25) is 0 Å². The van der Waals surface area contributed by atoms with E-state index < -0.39 is 0 Å². The number of aromatic nitrogens is 3. The molecule has 0 aliphatic heterocycles. The lowest BCUT2D eigenvalue weighted by Crippen LogP contribution is -2.36. The highest BCUT2D eigenvalue weighted by atomic mass is 127. The maximum Gasteiger partial charge on any atom is 0.191 e. The highest BCUT2D eigenvalue weighted by Gasteiger charge is 2.03. The zero-order valence-electron chi connectivity index (χ0n) is 10.8. The van der Waals surface area contributed by atoms with Crippen LogP contribution >= 0.6 is 24.0 Å². The predicted octanol–water partition coefficient (Wildman–Crippen LogP) is 0.891. The van der Waals surface area contributed by atoms with Crippen LogP contribution in [0.5, 0.6) is 0 Å². The molecule has 8 heteroatoms. The monoisotopic (exact) mass is 376 g/mol. The summed E-state index contributed by atoms with van der Waals surface area (Å²) in [5, 5.41) is 14.1. The second-order valence-corrected chi connectivity index (χ2v) is 3.72. The molecule has 0 spiro atoms. The van der Waals surface area contributed by atoms with Gasteiger partial charge in [0, 0.05) is 14.1 Å². The van der Waals surface area contributed by atoms with Crippen molar-refractivity contribution in [3.63, 3.8) is 0 Å². The third kappa shape index (κ3) is 4.54. The van der Waals surface area contributed by atoms with Crippen LogP contribution in [0.4, 0.5) is 0 Å². The molecule has 2 aromatic heterocycles. The molecule has 0 fully saturated rings. The quantitative estimate of drug-likeness (QED) is 0.471. The minimum Gasteiger partial charge on any atom is -0.467 e. The van der Waals surface area contributed by atoms with Crippen LogP contribution in [0.1, 0.15) is 11.6 Å². The smallest absolute Gasteiger partial charge is 0.191 e. The summed E-state index contributed by atoms with van der Waals surface area (Å²) in [6, 6.07) is 3.76. The number of hydrogen-bond donors (Lipinski definition) is 2. The van der Waals surface area contributed by atoms with Crippen molar-refractivity contribution in [2.24, 2.45) is 12.0 Å². The summed E-state index contributed by atoms with van der Waals surface area (Å²) in [7, 11) is 3.62. The van der Waals surface area contributed by atoms with Crippen molar-refractivity contribution in [2.45, 2.75) is 13.1 Å². The lowest BCUT2D eigenvalue weighted by atomic mass is 10.4. The van der Waals surface area contributed by atoms with Crippen LogP contribution in [0.2, 0.25) is 0 Å². The van der Waals surface area contributed by atoms with E-state index >= 15 is 0 Å². The van der Waals surface area contributed by atoms with Gasteiger partial charge in [-0.25, -0.2) is 0 Å². The Morgan fingerprint density at radius 1 is 1.42 bits per heavy atom. The Labute approximate surface area is 128 Å². The SMILES string of the molecule is CN=C(NCc1ccco1)NCc1nncn1C.I. The molecule has 2 rings (SSSR count). The second-order valence-electron chi connectivity index (χ2n) is 3.72. The highest BCUT2D eigenvalue weighted by molar-refractivity contribution is 14.0. The largest absolute Gasteiger partial charge is 0.467 e. The summed E-state index contributed by atoms with van der Waals surface area (Å²) in [5.41, 5.74) is 0. The van der Waals surface area contributed by atoms with Gasteiger partial charge in [-0.2, -0.15) is 0 Å². The van der Waals surface area contributed by atoms with Crippen LogP contribution in [0.25, 0.3) is 0 Å². The van der Waals surface area contributed by atoms with Crippen LogP contribution in [0.15, 0.2) is 34.1 Å². The third-order valence-electron chi connectivity index (χ3n) is 2.45. The molecule has 0 bridgehead atoms. The Morgan fingerprint density at radius 2 is 2.21 bits per heavy atom. The van der Waals surface area contributed by atoms with Gasteiger partial charge < -0.3 is 19.6 Å². The Hall–Kier alpha value is -1.58. The minimum atomic E-state index is 0. The molecular weight excluding hydrogens is 359 g/mol. The van der Waals surface area contributed by atoms with Gasteiger partial charge in [0.25, 0.3) is 0 Å². The molecule has 0 radical (unpaired) electrons. The average Bonchev–Trinajstić information content (AvgIpc) is 3.01. The van der Waals surface area contributed by atoms with Gasteiger partial charge in [0.15, 0.2) is 11.8 Å². The van der Waals surface area contributed by atoms with Gasteiger partial charge in [0.05, 0.1) is 19.4 Å². The molecule has 19 heavy (non-hydrogen) atoms. The summed E-state index contributed by atoms with van der Waals surface area (Å²) in [6.07, 6.45) is 3.31. The average molecular weight is 376 g/mol. The van der Waals surface area contributed by atoms with Gasteiger partial charge in [-0.15, -0.1) is 34.2 Å². The zero-order chi connectivity index (χ0) is 12.8. The predicted molar refractivity (Wildman–Crippen MR) is 82.2 cm³/mol. The normalized spacial score (nSPS) is 10.9. The number of guanidine groups is 1. The molecule has 0 aliphatic carbocycles. The van der Waals surface area contributed by atoms with E-state index in [2.05, 4.69) is 25.8 Å². The van der Waals surface area contributed by atoms with E-state index in [-0.39, 0.29) is 24.0 Å². The maximum absolute atomic E-state index is 5.23. The molecule has 7 nitrogen and oxygen atoms in total. The van der Waals surface area contributed by atoms with Gasteiger partial charge >= 0.3 is 0 Å². The first-order valence-electron chi connectivity index (χ1n) is 5.59. The molecule has 0 aliphatic rings. The summed E-state index contributed by atoms with van der Waals surface area (Å²) in [6.45, 7) is 1.15. The molecule has 2 aromatic rings. The first-order chi connectivity index (χ1) is 8.79. The Balaban J connectivity index is 0.00000180. The molecule has 0 unspecified atom stereocenters. The van der Waals surface area contributed by atoms with E-state index in [4.69, 9.17) is 4.42 Å². The molecule has 0 amide bonds. The summed E-state index contributed by atoms with van der Waals surface area (Å²) in [4.78, 5) is 4.11. The van der Waals surface area contributed by atoms with Crippen molar-refractivity contribution in [1.82, 2.24) is 25.4 Å². The van der Waals surface area contributed by atoms with Gasteiger partial charge in [0.1, 0.15) is 12.1 Å². The van der Waals surface area contributed by atoms with Gasteiger partial charge in [-0.3, -0.25) is 4.99 Å².